The van der Waals surface area contributed by atoms with Crippen molar-refractivity contribution < 1.29 is 24.2 Å². The Hall–Kier alpha value is -2.31. The Kier molecular flexibility index (Phi) is 4.13. The Bertz CT molecular complexity index is 585. The molecule has 118 valence electrons. The number of nitrogens with one attached hydrogen (secondary N) is 1. The molecule has 1 aromatic rings. The highest BCUT2D eigenvalue weighted by Gasteiger charge is 2.29. The number of carbonyl (C=O) groups is 2. The summed E-state index contributed by atoms with van der Waals surface area (Å²) in [5, 5.41) is 11.8. The van der Waals surface area contributed by atoms with E-state index in [2.05, 4.69) is 10.3 Å². The zero-order valence-corrected chi connectivity index (χ0v) is 12.1. The largest absolute Gasteiger partial charge is 0.484 e. The van der Waals surface area contributed by atoms with Crippen LogP contribution < -0.4 is 14.8 Å². The fourth-order valence-corrected chi connectivity index (χ4v) is 2.39. The third kappa shape index (κ3) is 3.47. The van der Waals surface area contributed by atoms with Gasteiger partial charge in [-0.1, -0.05) is 12.8 Å². The van der Waals surface area contributed by atoms with E-state index in [0.29, 0.717) is 37.2 Å². The van der Waals surface area contributed by atoms with Crippen LogP contribution in [0.5, 0.6) is 11.6 Å². The number of hydrogen-bond acceptors (Lipinski definition) is 5. The number of aliphatic carboxylic acids is 1. The van der Waals surface area contributed by atoms with Crippen molar-refractivity contribution >= 4 is 11.9 Å². The summed E-state index contributed by atoms with van der Waals surface area (Å²) in [6.07, 6.45) is 2.78. The number of amides is 1. The van der Waals surface area contributed by atoms with E-state index in [0.717, 1.165) is 12.8 Å². The third-order valence-corrected chi connectivity index (χ3v) is 3.81. The number of fused-ring (bicyclic) bond motifs is 1. The number of rotatable bonds is 6. The molecule has 0 bridgehead atoms. The third-order valence-electron chi connectivity index (χ3n) is 3.81. The van der Waals surface area contributed by atoms with Crippen LogP contribution in [0.15, 0.2) is 12.1 Å². The Morgan fingerprint density at radius 2 is 2.09 bits per heavy atom. The second kappa shape index (κ2) is 6.21. The second-order valence-corrected chi connectivity index (χ2v) is 5.62. The summed E-state index contributed by atoms with van der Waals surface area (Å²) in [6, 6.07) is 3.18. The molecule has 1 saturated carbocycles. The molecule has 1 atom stereocenters. The molecule has 1 unspecified atom stereocenters. The van der Waals surface area contributed by atoms with Gasteiger partial charge in [-0.15, -0.1) is 0 Å². The first-order valence-corrected chi connectivity index (χ1v) is 7.41. The number of carboxylic acid groups (broad SMARTS) is 1. The highest BCUT2D eigenvalue weighted by atomic mass is 16.6. The van der Waals surface area contributed by atoms with E-state index < -0.39 is 17.8 Å². The van der Waals surface area contributed by atoms with Gasteiger partial charge in [-0.25, -0.2) is 4.98 Å². The molecule has 0 spiro atoms. The van der Waals surface area contributed by atoms with Crippen LogP contribution >= 0.6 is 0 Å². The lowest BCUT2D eigenvalue weighted by atomic mass is 10.0. The van der Waals surface area contributed by atoms with Gasteiger partial charge in [0, 0.05) is 6.54 Å². The fraction of sp³-hybridized carbons (Fsp3) is 0.533. The van der Waals surface area contributed by atoms with Crippen molar-refractivity contribution in [2.75, 3.05) is 19.8 Å². The van der Waals surface area contributed by atoms with Gasteiger partial charge in [0.05, 0.1) is 5.92 Å². The first kappa shape index (κ1) is 14.6. The van der Waals surface area contributed by atoms with E-state index in [1.54, 1.807) is 12.1 Å². The molecular weight excluding hydrogens is 288 g/mol. The number of pyridine rings is 1. The van der Waals surface area contributed by atoms with Crippen LogP contribution in [0.3, 0.4) is 0 Å². The van der Waals surface area contributed by atoms with Gasteiger partial charge in [-0.05, 0) is 24.5 Å². The Morgan fingerprint density at radius 1 is 1.32 bits per heavy atom. The number of carboxylic acids is 1. The van der Waals surface area contributed by atoms with E-state index in [-0.39, 0.29) is 12.2 Å². The molecule has 3 rings (SSSR count). The molecule has 7 heteroatoms. The van der Waals surface area contributed by atoms with Gasteiger partial charge >= 0.3 is 5.97 Å². The zero-order chi connectivity index (χ0) is 15.5. The molecule has 2 heterocycles. The molecule has 1 aliphatic carbocycles. The molecule has 1 aliphatic heterocycles. The van der Waals surface area contributed by atoms with Crippen LogP contribution in [0.2, 0.25) is 0 Å². The second-order valence-electron chi connectivity index (χ2n) is 5.62. The van der Waals surface area contributed by atoms with Crippen LogP contribution in [-0.2, 0) is 4.79 Å². The summed E-state index contributed by atoms with van der Waals surface area (Å²) < 4.78 is 10.7. The number of hydrogen-bond donors (Lipinski definition) is 2. The van der Waals surface area contributed by atoms with E-state index in [4.69, 9.17) is 9.47 Å². The van der Waals surface area contributed by atoms with E-state index >= 15 is 0 Å². The molecule has 1 fully saturated rings. The highest BCUT2D eigenvalue weighted by molar-refractivity contribution is 5.92. The van der Waals surface area contributed by atoms with Gasteiger partial charge in [-0.2, -0.15) is 0 Å². The molecule has 0 saturated heterocycles. The summed E-state index contributed by atoms with van der Waals surface area (Å²) in [5.74, 6) is -0.521. The van der Waals surface area contributed by atoms with E-state index in [1.807, 2.05) is 0 Å². The number of ether oxygens (including phenoxy) is 2. The van der Waals surface area contributed by atoms with E-state index in [1.165, 1.54) is 0 Å². The van der Waals surface area contributed by atoms with Crippen molar-refractivity contribution in [3.63, 3.8) is 0 Å². The monoisotopic (exact) mass is 306 g/mol. The lowest BCUT2D eigenvalue weighted by Crippen LogP contribution is -2.33. The Labute approximate surface area is 127 Å². The molecule has 22 heavy (non-hydrogen) atoms. The lowest BCUT2D eigenvalue weighted by molar-refractivity contribution is -0.141. The van der Waals surface area contributed by atoms with Gasteiger partial charge in [0.25, 0.3) is 11.8 Å². The minimum atomic E-state index is -0.873. The predicted octanol–water partition coefficient (Wildman–Crippen LogP) is 1.08. The number of nitrogens with zero attached hydrogens (tertiary/aromatic N) is 1. The minimum Gasteiger partial charge on any atom is -0.484 e. The zero-order valence-electron chi connectivity index (χ0n) is 12.1. The van der Waals surface area contributed by atoms with Gasteiger partial charge in [0.1, 0.15) is 18.9 Å². The van der Waals surface area contributed by atoms with Crippen molar-refractivity contribution in [2.24, 2.45) is 11.8 Å². The van der Waals surface area contributed by atoms with Crippen LogP contribution in [0.4, 0.5) is 0 Å². The van der Waals surface area contributed by atoms with Crippen molar-refractivity contribution in [3.8, 4) is 11.6 Å². The molecular formula is C15H18N2O5. The van der Waals surface area contributed by atoms with Gasteiger partial charge in [-0.3, -0.25) is 9.59 Å². The maximum Gasteiger partial charge on any atom is 0.308 e. The lowest BCUT2D eigenvalue weighted by Gasteiger charge is -2.17. The maximum atomic E-state index is 12.1. The van der Waals surface area contributed by atoms with Gasteiger partial charge in [0.15, 0.2) is 5.75 Å². The maximum absolute atomic E-state index is 12.1. The average molecular weight is 306 g/mol. The van der Waals surface area contributed by atoms with E-state index in [9.17, 15) is 14.7 Å². The Balaban J connectivity index is 1.59. The van der Waals surface area contributed by atoms with Crippen LogP contribution in [0.1, 0.15) is 29.8 Å². The summed E-state index contributed by atoms with van der Waals surface area (Å²) in [4.78, 5) is 27.4. The fourth-order valence-electron chi connectivity index (χ4n) is 2.39. The molecule has 0 radical (unpaired) electrons. The topological polar surface area (TPSA) is 97.8 Å². The predicted molar refractivity (Wildman–Crippen MR) is 76.0 cm³/mol. The summed E-state index contributed by atoms with van der Waals surface area (Å²) in [5.41, 5.74) is 0.194. The summed E-state index contributed by atoms with van der Waals surface area (Å²) in [6.45, 7) is 0.968. The summed E-state index contributed by atoms with van der Waals surface area (Å²) >= 11 is 0. The van der Waals surface area contributed by atoms with Crippen LogP contribution in [0.25, 0.3) is 0 Å². The molecule has 2 N–H and O–H groups in total. The molecule has 0 aromatic carbocycles. The first-order chi connectivity index (χ1) is 10.6. The molecule has 2 aliphatic rings. The minimum absolute atomic E-state index is 0.112. The van der Waals surface area contributed by atoms with Crippen molar-refractivity contribution in [3.05, 3.63) is 17.8 Å². The molecule has 1 aromatic heterocycles. The summed E-state index contributed by atoms with van der Waals surface area (Å²) in [7, 11) is 0. The number of carbonyl (C=O) groups excluding carboxylic acids is 1. The van der Waals surface area contributed by atoms with Gasteiger partial charge in [0.2, 0.25) is 0 Å². The Morgan fingerprint density at radius 3 is 2.82 bits per heavy atom. The first-order valence-electron chi connectivity index (χ1n) is 7.41. The molecule has 1 amide bonds. The quantitative estimate of drug-likeness (QED) is 0.816. The van der Waals surface area contributed by atoms with Crippen LogP contribution in [0, 0.1) is 11.8 Å². The van der Waals surface area contributed by atoms with Crippen LogP contribution in [-0.4, -0.2) is 41.7 Å². The normalized spacial score (nSPS) is 17.6. The van der Waals surface area contributed by atoms with Crippen molar-refractivity contribution in [2.45, 2.75) is 19.3 Å². The molecule has 7 nitrogen and oxygen atoms in total. The SMILES string of the molecule is O=C(NCC(CC1CC1)C(=O)O)c1ccc2c(n1)OCCO2. The average Bonchev–Trinajstić information content (AvgIpc) is 3.34. The van der Waals surface area contributed by atoms with Crippen molar-refractivity contribution in [1.82, 2.24) is 10.3 Å². The standard InChI is InChI=1S/C15H18N2O5/c18-13(16-8-10(15(19)20)7-9-1-2-9)11-3-4-12-14(17-11)22-6-5-21-12/h3-4,9-10H,1-2,5-8H2,(H,16,18)(H,19,20). The van der Waals surface area contributed by atoms with Gasteiger partial charge < -0.3 is 19.9 Å². The van der Waals surface area contributed by atoms with Crippen molar-refractivity contribution in [1.29, 1.82) is 0 Å². The number of aromatic nitrogens is 1. The highest BCUT2D eigenvalue weighted by Crippen LogP contribution is 2.35. The smallest absolute Gasteiger partial charge is 0.308 e.